The van der Waals surface area contributed by atoms with Crippen molar-refractivity contribution >= 4 is 29.7 Å². The zero-order valence-corrected chi connectivity index (χ0v) is 18.1. The van der Waals surface area contributed by atoms with E-state index in [1.807, 2.05) is 12.1 Å². The fourth-order valence-corrected chi connectivity index (χ4v) is 4.28. The van der Waals surface area contributed by atoms with Crippen LogP contribution in [0.3, 0.4) is 0 Å². The van der Waals surface area contributed by atoms with Gasteiger partial charge in [-0.2, -0.15) is 0 Å². The molecule has 0 aliphatic carbocycles. The first-order valence-corrected chi connectivity index (χ1v) is 10.4. The van der Waals surface area contributed by atoms with Crippen LogP contribution >= 0.6 is 24.0 Å². The molecular formula is C25H28Cl2N2. The predicted octanol–water partition coefficient (Wildman–Crippen LogP) is 5.85. The average Bonchev–Trinajstić information content (AvgIpc) is 3.16. The number of nitrogens with one attached hydrogen (secondary N) is 1. The van der Waals surface area contributed by atoms with Gasteiger partial charge >= 0.3 is 0 Å². The molecule has 2 unspecified atom stereocenters. The highest BCUT2D eigenvalue weighted by atomic mass is 35.5. The Labute approximate surface area is 185 Å². The van der Waals surface area contributed by atoms with Crippen LogP contribution in [0.5, 0.6) is 0 Å². The number of rotatable bonds is 7. The highest BCUT2D eigenvalue weighted by Gasteiger charge is 2.29. The summed E-state index contributed by atoms with van der Waals surface area (Å²) in [5.41, 5.74) is 4.00. The second-order valence-electron chi connectivity index (χ2n) is 7.71. The fourth-order valence-electron chi connectivity index (χ4n) is 4.16. The highest BCUT2D eigenvalue weighted by Crippen LogP contribution is 2.27. The molecule has 0 radical (unpaired) electrons. The predicted molar refractivity (Wildman–Crippen MR) is 126 cm³/mol. The number of hydrogen-bond acceptors (Lipinski definition) is 2. The zero-order valence-electron chi connectivity index (χ0n) is 16.5. The molecule has 1 fully saturated rings. The van der Waals surface area contributed by atoms with Gasteiger partial charge in [-0.15, -0.1) is 12.4 Å². The Hall–Kier alpha value is -2.00. The van der Waals surface area contributed by atoms with Gasteiger partial charge in [0.2, 0.25) is 0 Å². The van der Waals surface area contributed by atoms with Crippen molar-refractivity contribution in [1.82, 2.24) is 5.32 Å². The van der Waals surface area contributed by atoms with Crippen LogP contribution in [0, 0.1) is 11.8 Å². The first kappa shape index (κ1) is 21.7. The maximum absolute atomic E-state index is 6.13. The Morgan fingerprint density at radius 2 is 1.34 bits per heavy atom. The number of anilines is 1. The summed E-state index contributed by atoms with van der Waals surface area (Å²) in [5.74, 6) is 1.28. The van der Waals surface area contributed by atoms with E-state index >= 15 is 0 Å². The Morgan fingerprint density at radius 3 is 2.00 bits per heavy atom. The molecule has 3 aromatic rings. The summed E-state index contributed by atoms with van der Waals surface area (Å²) < 4.78 is 0. The molecule has 152 valence electrons. The molecule has 4 rings (SSSR count). The first-order valence-electron chi connectivity index (χ1n) is 10.1. The Balaban J connectivity index is 0.00000240. The lowest BCUT2D eigenvalue weighted by Gasteiger charge is -2.30. The molecule has 2 nitrogen and oxygen atoms in total. The zero-order chi connectivity index (χ0) is 19.2. The van der Waals surface area contributed by atoms with Gasteiger partial charge in [0.05, 0.1) is 0 Å². The molecule has 4 heteroatoms. The van der Waals surface area contributed by atoms with Crippen molar-refractivity contribution in [2.24, 2.45) is 11.8 Å². The Kier molecular flexibility index (Phi) is 8.00. The van der Waals surface area contributed by atoms with E-state index in [-0.39, 0.29) is 12.4 Å². The van der Waals surface area contributed by atoms with Crippen LogP contribution in [0.15, 0.2) is 84.9 Å². The van der Waals surface area contributed by atoms with E-state index in [1.165, 1.54) is 16.8 Å². The molecule has 1 saturated heterocycles. The lowest BCUT2D eigenvalue weighted by molar-refractivity contribution is 0.413. The van der Waals surface area contributed by atoms with Crippen LogP contribution in [0.4, 0.5) is 5.69 Å². The van der Waals surface area contributed by atoms with E-state index in [9.17, 15) is 0 Å². The Bertz CT molecular complexity index is 853. The largest absolute Gasteiger partial charge is 0.367 e. The topological polar surface area (TPSA) is 15.3 Å². The van der Waals surface area contributed by atoms with Gasteiger partial charge in [-0.25, -0.2) is 0 Å². The normalized spacial score (nSPS) is 18.2. The SMILES string of the molecule is Cl.Clc1ccc(N(Cc2ccccc2)CC2CNCC2Cc2ccccc2)cc1. The van der Waals surface area contributed by atoms with Gasteiger partial charge < -0.3 is 10.2 Å². The molecule has 0 aromatic heterocycles. The molecule has 1 N–H and O–H groups in total. The number of halogens is 2. The molecule has 0 bridgehead atoms. The summed E-state index contributed by atoms with van der Waals surface area (Å²) in [4.78, 5) is 2.50. The second kappa shape index (κ2) is 10.7. The van der Waals surface area contributed by atoms with Gasteiger partial charge in [0.1, 0.15) is 0 Å². The fraction of sp³-hybridized carbons (Fsp3) is 0.280. The van der Waals surface area contributed by atoms with Crippen LogP contribution in [-0.4, -0.2) is 19.6 Å². The van der Waals surface area contributed by atoms with Crippen LogP contribution in [0.2, 0.25) is 5.02 Å². The molecule has 2 atom stereocenters. The maximum Gasteiger partial charge on any atom is 0.0429 e. The lowest BCUT2D eigenvalue weighted by atomic mass is 9.89. The first-order chi connectivity index (χ1) is 13.8. The van der Waals surface area contributed by atoms with E-state index in [1.54, 1.807) is 0 Å². The quantitative estimate of drug-likeness (QED) is 0.509. The van der Waals surface area contributed by atoms with Crippen LogP contribution in [-0.2, 0) is 13.0 Å². The van der Waals surface area contributed by atoms with Gasteiger partial charge in [0, 0.05) is 23.8 Å². The molecule has 1 aliphatic heterocycles. The van der Waals surface area contributed by atoms with Crippen LogP contribution in [0.1, 0.15) is 11.1 Å². The van der Waals surface area contributed by atoms with E-state index in [0.717, 1.165) is 37.6 Å². The summed E-state index contributed by atoms with van der Waals surface area (Å²) >= 11 is 6.13. The molecular weight excluding hydrogens is 399 g/mol. The minimum absolute atomic E-state index is 0. The van der Waals surface area contributed by atoms with E-state index < -0.39 is 0 Å². The Morgan fingerprint density at radius 1 is 0.759 bits per heavy atom. The van der Waals surface area contributed by atoms with Crippen LogP contribution in [0.25, 0.3) is 0 Å². The van der Waals surface area contributed by atoms with E-state index in [2.05, 4.69) is 83.0 Å². The second-order valence-corrected chi connectivity index (χ2v) is 8.15. The van der Waals surface area contributed by atoms with E-state index in [4.69, 9.17) is 11.6 Å². The van der Waals surface area contributed by atoms with Gasteiger partial charge in [0.25, 0.3) is 0 Å². The molecule has 29 heavy (non-hydrogen) atoms. The smallest absolute Gasteiger partial charge is 0.0429 e. The third-order valence-electron chi connectivity index (χ3n) is 5.68. The van der Waals surface area contributed by atoms with Gasteiger partial charge in [0.15, 0.2) is 0 Å². The summed E-state index contributed by atoms with van der Waals surface area (Å²) in [7, 11) is 0. The molecule has 3 aromatic carbocycles. The average molecular weight is 427 g/mol. The van der Waals surface area contributed by atoms with Crippen molar-refractivity contribution < 1.29 is 0 Å². The molecule has 1 heterocycles. The maximum atomic E-state index is 6.13. The highest BCUT2D eigenvalue weighted by molar-refractivity contribution is 6.30. The lowest BCUT2D eigenvalue weighted by Crippen LogP contribution is -2.33. The van der Waals surface area contributed by atoms with Crippen molar-refractivity contribution in [3.05, 3.63) is 101 Å². The summed E-state index contributed by atoms with van der Waals surface area (Å²) in [6.45, 7) is 4.13. The van der Waals surface area contributed by atoms with Gasteiger partial charge in [-0.05, 0) is 66.7 Å². The van der Waals surface area contributed by atoms with Crippen molar-refractivity contribution in [2.75, 3.05) is 24.5 Å². The molecule has 0 spiro atoms. The summed E-state index contributed by atoms with van der Waals surface area (Å²) in [6, 6.07) is 29.8. The van der Waals surface area contributed by atoms with Crippen molar-refractivity contribution in [1.29, 1.82) is 0 Å². The molecule has 1 aliphatic rings. The third kappa shape index (κ3) is 5.99. The third-order valence-corrected chi connectivity index (χ3v) is 5.94. The number of nitrogens with zero attached hydrogens (tertiary/aromatic N) is 1. The van der Waals surface area contributed by atoms with Gasteiger partial charge in [-0.1, -0.05) is 72.3 Å². The van der Waals surface area contributed by atoms with Crippen LogP contribution < -0.4 is 10.2 Å². The standard InChI is InChI=1S/C25H27ClN2.ClH/c26-24-11-13-25(14-12-24)28(18-21-9-5-2-6-10-21)19-23-17-27-16-22(23)15-20-7-3-1-4-8-20;/h1-14,22-23,27H,15-19H2;1H. The minimum atomic E-state index is 0. The van der Waals surface area contributed by atoms with Crippen molar-refractivity contribution in [3.63, 3.8) is 0 Å². The van der Waals surface area contributed by atoms with Crippen molar-refractivity contribution in [3.8, 4) is 0 Å². The summed E-state index contributed by atoms with van der Waals surface area (Å²) in [6.07, 6.45) is 1.14. The summed E-state index contributed by atoms with van der Waals surface area (Å²) in [5, 5.41) is 4.41. The van der Waals surface area contributed by atoms with Crippen molar-refractivity contribution in [2.45, 2.75) is 13.0 Å². The monoisotopic (exact) mass is 426 g/mol. The number of benzene rings is 3. The minimum Gasteiger partial charge on any atom is -0.367 e. The van der Waals surface area contributed by atoms with Gasteiger partial charge in [-0.3, -0.25) is 0 Å². The number of hydrogen-bond donors (Lipinski definition) is 1. The molecule has 0 saturated carbocycles. The van der Waals surface area contributed by atoms with E-state index in [0.29, 0.717) is 11.8 Å². The molecule has 0 amide bonds.